The van der Waals surface area contributed by atoms with Crippen LogP contribution in [0.15, 0.2) is 35.2 Å². The molecule has 1 fully saturated rings. The van der Waals surface area contributed by atoms with Crippen molar-refractivity contribution in [1.82, 2.24) is 0 Å². The number of hydrogen-bond acceptors (Lipinski definition) is 6. The van der Waals surface area contributed by atoms with Crippen LogP contribution in [0, 0.1) is 3.57 Å². The third-order valence-corrected chi connectivity index (χ3v) is 6.34. The van der Waals surface area contributed by atoms with Crippen molar-refractivity contribution in [1.29, 1.82) is 0 Å². The molecule has 0 saturated carbocycles. The SMILES string of the molecule is COc1ccc(N2C(=O)/C(=C\c3cc(I)c(OC)c(OC)c3)SC2=S)cc1Cl. The first-order valence-corrected chi connectivity index (χ1v) is 10.6. The number of ether oxygens (including phenoxy) is 3. The van der Waals surface area contributed by atoms with Gasteiger partial charge >= 0.3 is 0 Å². The molecule has 1 amide bonds. The van der Waals surface area contributed by atoms with Gasteiger partial charge in [0.25, 0.3) is 5.91 Å². The molecule has 0 N–H and O–H groups in total. The molecule has 1 saturated heterocycles. The average Bonchev–Trinajstić information content (AvgIpc) is 2.94. The van der Waals surface area contributed by atoms with Crippen LogP contribution in [0.5, 0.6) is 17.2 Å². The molecule has 9 heteroatoms. The van der Waals surface area contributed by atoms with Gasteiger partial charge in [-0.15, -0.1) is 0 Å². The van der Waals surface area contributed by atoms with Crippen LogP contribution in [-0.4, -0.2) is 31.6 Å². The van der Waals surface area contributed by atoms with Gasteiger partial charge in [0.05, 0.1) is 40.5 Å². The van der Waals surface area contributed by atoms with Crippen molar-refractivity contribution in [3.63, 3.8) is 0 Å². The van der Waals surface area contributed by atoms with Crippen LogP contribution in [0.3, 0.4) is 0 Å². The second-order valence-electron chi connectivity index (χ2n) is 5.57. The fourth-order valence-corrected chi connectivity index (χ4v) is 5.05. The molecular formula is C19H15ClINO4S2. The van der Waals surface area contributed by atoms with Crippen molar-refractivity contribution in [3.05, 3.63) is 49.4 Å². The number of amides is 1. The molecule has 1 aliphatic rings. The number of benzene rings is 2. The number of anilines is 1. The Kier molecular flexibility index (Phi) is 6.74. The lowest BCUT2D eigenvalue weighted by Crippen LogP contribution is -2.27. The Morgan fingerprint density at radius 3 is 2.43 bits per heavy atom. The van der Waals surface area contributed by atoms with Gasteiger partial charge in [-0.1, -0.05) is 35.6 Å². The normalized spacial score (nSPS) is 15.3. The predicted octanol–water partition coefficient (Wildman–Crippen LogP) is 5.38. The molecule has 0 aliphatic carbocycles. The number of halogens is 2. The Balaban J connectivity index is 1.95. The van der Waals surface area contributed by atoms with E-state index < -0.39 is 0 Å². The Bertz CT molecular complexity index is 996. The van der Waals surface area contributed by atoms with E-state index in [-0.39, 0.29) is 5.91 Å². The third-order valence-electron chi connectivity index (χ3n) is 3.94. The highest BCUT2D eigenvalue weighted by Crippen LogP contribution is 2.40. The summed E-state index contributed by atoms with van der Waals surface area (Å²) in [6, 6.07) is 8.85. The average molecular weight is 548 g/mol. The lowest BCUT2D eigenvalue weighted by Gasteiger charge is -2.15. The fourth-order valence-electron chi connectivity index (χ4n) is 2.66. The number of methoxy groups -OCH3 is 3. The molecule has 3 rings (SSSR count). The van der Waals surface area contributed by atoms with Crippen LogP contribution in [0.2, 0.25) is 5.02 Å². The number of nitrogens with zero attached hydrogens (tertiary/aromatic N) is 1. The van der Waals surface area contributed by atoms with E-state index in [1.54, 1.807) is 38.5 Å². The van der Waals surface area contributed by atoms with E-state index in [0.29, 0.717) is 37.2 Å². The van der Waals surface area contributed by atoms with Crippen LogP contribution < -0.4 is 19.1 Å². The summed E-state index contributed by atoms with van der Waals surface area (Å²) >= 11 is 15.0. The summed E-state index contributed by atoms with van der Waals surface area (Å²) in [4.78, 5) is 14.9. The van der Waals surface area contributed by atoms with E-state index >= 15 is 0 Å². The van der Waals surface area contributed by atoms with Gasteiger partial charge in [0.1, 0.15) is 5.75 Å². The Morgan fingerprint density at radius 1 is 1.11 bits per heavy atom. The van der Waals surface area contributed by atoms with E-state index in [2.05, 4.69) is 22.6 Å². The van der Waals surface area contributed by atoms with Gasteiger partial charge in [0, 0.05) is 0 Å². The molecule has 0 radical (unpaired) electrons. The van der Waals surface area contributed by atoms with Crippen molar-refractivity contribution >= 4 is 80.2 Å². The molecule has 5 nitrogen and oxygen atoms in total. The molecule has 1 heterocycles. The van der Waals surface area contributed by atoms with E-state index in [9.17, 15) is 4.79 Å². The number of hydrogen-bond donors (Lipinski definition) is 0. The van der Waals surface area contributed by atoms with Crippen LogP contribution in [-0.2, 0) is 4.79 Å². The maximum atomic E-state index is 13.0. The predicted molar refractivity (Wildman–Crippen MR) is 126 cm³/mol. The quantitative estimate of drug-likeness (QED) is 0.285. The van der Waals surface area contributed by atoms with Crippen LogP contribution in [0.4, 0.5) is 5.69 Å². The van der Waals surface area contributed by atoms with E-state index in [1.807, 2.05) is 12.1 Å². The minimum absolute atomic E-state index is 0.207. The molecule has 0 spiro atoms. The highest BCUT2D eigenvalue weighted by molar-refractivity contribution is 14.1. The topological polar surface area (TPSA) is 48.0 Å². The van der Waals surface area contributed by atoms with Gasteiger partial charge in [0.2, 0.25) is 0 Å². The Morgan fingerprint density at radius 2 is 1.82 bits per heavy atom. The molecule has 1 aliphatic heterocycles. The van der Waals surface area contributed by atoms with Crippen LogP contribution in [0.1, 0.15) is 5.56 Å². The molecule has 0 bridgehead atoms. The van der Waals surface area contributed by atoms with Gasteiger partial charge in [-0.05, 0) is 64.6 Å². The summed E-state index contributed by atoms with van der Waals surface area (Å²) in [7, 11) is 4.70. The summed E-state index contributed by atoms with van der Waals surface area (Å²) in [6.07, 6.45) is 1.79. The van der Waals surface area contributed by atoms with Gasteiger partial charge in [-0.2, -0.15) is 0 Å². The number of thiocarbonyl (C=S) groups is 1. The summed E-state index contributed by atoms with van der Waals surface area (Å²) < 4.78 is 17.2. The zero-order valence-corrected chi connectivity index (χ0v) is 19.7. The molecule has 0 atom stereocenters. The summed E-state index contributed by atoms with van der Waals surface area (Å²) in [5, 5.41) is 0.410. The van der Waals surface area contributed by atoms with E-state index in [4.69, 9.17) is 38.0 Å². The highest BCUT2D eigenvalue weighted by Gasteiger charge is 2.33. The third kappa shape index (κ3) is 4.10. The highest BCUT2D eigenvalue weighted by atomic mass is 127. The van der Waals surface area contributed by atoms with Crippen molar-refractivity contribution in [3.8, 4) is 17.2 Å². The van der Waals surface area contributed by atoms with Crippen LogP contribution in [0.25, 0.3) is 6.08 Å². The van der Waals surface area contributed by atoms with Crippen molar-refractivity contribution < 1.29 is 19.0 Å². The van der Waals surface area contributed by atoms with Crippen molar-refractivity contribution in [2.24, 2.45) is 0 Å². The largest absolute Gasteiger partial charge is 0.495 e. The molecular weight excluding hydrogens is 533 g/mol. The maximum absolute atomic E-state index is 13.0. The number of carbonyl (C=O) groups excluding carboxylic acids is 1. The van der Waals surface area contributed by atoms with Gasteiger partial charge in [-0.3, -0.25) is 9.69 Å². The zero-order valence-electron chi connectivity index (χ0n) is 15.1. The zero-order chi connectivity index (χ0) is 20.4. The lowest BCUT2D eigenvalue weighted by atomic mass is 10.2. The van der Waals surface area contributed by atoms with Crippen molar-refractivity contribution in [2.45, 2.75) is 0 Å². The summed E-state index contributed by atoms with van der Waals surface area (Å²) in [5.74, 6) is 1.58. The molecule has 0 unspecified atom stereocenters. The van der Waals surface area contributed by atoms with Gasteiger partial charge < -0.3 is 14.2 Å². The van der Waals surface area contributed by atoms with Gasteiger partial charge in [-0.25, -0.2) is 0 Å². The smallest absolute Gasteiger partial charge is 0.270 e. The Labute approximate surface area is 191 Å². The first kappa shape index (κ1) is 21.2. The first-order valence-electron chi connectivity index (χ1n) is 7.92. The monoisotopic (exact) mass is 547 g/mol. The first-order chi connectivity index (χ1) is 13.4. The summed E-state index contributed by atoms with van der Waals surface area (Å²) in [5.41, 5.74) is 1.41. The second-order valence-corrected chi connectivity index (χ2v) is 8.82. The number of thioether (sulfide) groups is 1. The van der Waals surface area contributed by atoms with E-state index in [0.717, 1.165) is 9.13 Å². The van der Waals surface area contributed by atoms with Crippen molar-refractivity contribution in [2.75, 3.05) is 26.2 Å². The second kappa shape index (κ2) is 8.89. The summed E-state index contributed by atoms with van der Waals surface area (Å²) in [6.45, 7) is 0. The lowest BCUT2D eigenvalue weighted by molar-refractivity contribution is -0.113. The molecule has 2 aromatic rings. The maximum Gasteiger partial charge on any atom is 0.270 e. The molecule has 0 aromatic heterocycles. The fraction of sp³-hybridized carbons (Fsp3) is 0.158. The number of rotatable bonds is 5. The van der Waals surface area contributed by atoms with Crippen LogP contribution >= 0.6 is 58.2 Å². The minimum Gasteiger partial charge on any atom is -0.495 e. The van der Waals surface area contributed by atoms with Gasteiger partial charge in [0.15, 0.2) is 15.8 Å². The van der Waals surface area contributed by atoms with E-state index in [1.165, 1.54) is 23.8 Å². The molecule has 146 valence electrons. The standard InChI is InChI=1S/C19H15ClINO4S2/c1-24-14-5-4-11(9-12(14)20)22-18(23)16(28-19(22)27)8-10-6-13(21)17(26-3)15(7-10)25-2/h4-9H,1-3H3/b16-8+. The minimum atomic E-state index is -0.207. The Hall–Kier alpha value is -1.49. The molecule has 2 aromatic carbocycles. The number of carbonyl (C=O) groups is 1. The molecule has 28 heavy (non-hydrogen) atoms.